The number of aromatic nitrogens is 1. The van der Waals surface area contributed by atoms with Crippen LogP contribution in [0.3, 0.4) is 0 Å². The Balaban J connectivity index is 1.37. The number of para-hydroxylation sites is 1. The zero-order chi connectivity index (χ0) is 18.6. The molecule has 6 heteroatoms. The summed E-state index contributed by atoms with van der Waals surface area (Å²) in [5, 5.41) is 5.47. The lowest BCUT2D eigenvalue weighted by Crippen LogP contribution is -2.44. The number of hydrogen-bond acceptors (Lipinski definition) is 4. The SMILES string of the molecule is COc1ccc(CNC(=S)N2CCC[C@@H](c3nc4ccccc4s3)C2)cc1. The van der Waals surface area contributed by atoms with Crippen molar-refractivity contribution < 1.29 is 4.74 Å². The van der Waals surface area contributed by atoms with E-state index in [9.17, 15) is 0 Å². The van der Waals surface area contributed by atoms with Gasteiger partial charge in [0.05, 0.1) is 22.3 Å². The fourth-order valence-corrected chi connectivity index (χ4v) is 4.79. The molecule has 27 heavy (non-hydrogen) atoms. The average Bonchev–Trinajstić information content (AvgIpc) is 3.17. The summed E-state index contributed by atoms with van der Waals surface area (Å²) in [4.78, 5) is 7.15. The first kappa shape index (κ1) is 18.2. The van der Waals surface area contributed by atoms with Gasteiger partial charge in [0.1, 0.15) is 5.75 Å². The third-order valence-corrected chi connectivity index (χ3v) is 6.57. The summed E-state index contributed by atoms with van der Waals surface area (Å²) >= 11 is 7.48. The van der Waals surface area contributed by atoms with E-state index in [4.69, 9.17) is 21.9 Å². The Morgan fingerprint density at radius 1 is 1.26 bits per heavy atom. The van der Waals surface area contributed by atoms with Gasteiger partial charge in [0.15, 0.2) is 5.11 Å². The first-order valence-corrected chi connectivity index (χ1v) is 10.5. The molecule has 2 aromatic carbocycles. The number of benzene rings is 2. The Labute approximate surface area is 169 Å². The van der Waals surface area contributed by atoms with Gasteiger partial charge in [-0.15, -0.1) is 11.3 Å². The van der Waals surface area contributed by atoms with Crippen molar-refractivity contribution in [1.82, 2.24) is 15.2 Å². The highest BCUT2D eigenvalue weighted by Gasteiger charge is 2.25. The number of ether oxygens (including phenoxy) is 1. The minimum absolute atomic E-state index is 0.455. The molecule has 1 atom stereocenters. The molecule has 2 heterocycles. The Kier molecular flexibility index (Phi) is 5.55. The van der Waals surface area contributed by atoms with E-state index in [1.165, 1.54) is 21.7 Å². The van der Waals surface area contributed by atoms with Gasteiger partial charge in [-0.25, -0.2) is 4.98 Å². The molecule has 1 aliphatic heterocycles. The second kappa shape index (κ2) is 8.23. The third kappa shape index (κ3) is 4.22. The lowest BCUT2D eigenvalue weighted by molar-refractivity contribution is 0.305. The quantitative estimate of drug-likeness (QED) is 0.653. The van der Waals surface area contributed by atoms with Crippen molar-refractivity contribution in [3.8, 4) is 5.75 Å². The monoisotopic (exact) mass is 397 g/mol. The fourth-order valence-electron chi connectivity index (χ4n) is 3.46. The topological polar surface area (TPSA) is 37.4 Å². The molecule has 1 fully saturated rings. The summed E-state index contributed by atoms with van der Waals surface area (Å²) in [6, 6.07) is 16.5. The lowest BCUT2D eigenvalue weighted by Gasteiger charge is -2.33. The number of fused-ring (bicyclic) bond motifs is 1. The molecule has 1 aromatic heterocycles. The molecule has 4 nitrogen and oxygen atoms in total. The summed E-state index contributed by atoms with van der Waals surface area (Å²) in [5.74, 6) is 1.33. The Bertz CT molecular complexity index is 890. The van der Waals surface area contributed by atoms with Crippen LogP contribution < -0.4 is 10.1 Å². The first-order valence-electron chi connectivity index (χ1n) is 9.24. The molecule has 0 saturated carbocycles. The number of rotatable bonds is 4. The van der Waals surface area contributed by atoms with Crippen LogP contribution >= 0.6 is 23.6 Å². The molecule has 1 aliphatic rings. The highest BCUT2D eigenvalue weighted by Crippen LogP contribution is 2.32. The largest absolute Gasteiger partial charge is 0.497 e. The predicted octanol–water partition coefficient (Wildman–Crippen LogP) is 4.56. The standard InChI is InChI=1S/C21H23N3OS2/c1-25-17-10-8-15(9-11-17)13-22-21(26)24-12-4-5-16(14-24)20-23-18-6-2-3-7-19(18)27-20/h2-3,6-11,16H,4-5,12-14H2,1H3,(H,22,26)/t16-/m1/s1. The molecule has 140 valence electrons. The first-order chi connectivity index (χ1) is 13.2. The van der Waals surface area contributed by atoms with Crippen molar-refractivity contribution in [3.05, 3.63) is 59.1 Å². The number of hydrogen-bond donors (Lipinski definition) is 1. The second-order valence-corrected chi connectivity index (χ2v) is 8.26. The van der Waals surface area contributed by atoms with E-state index >= 15 is 0 Å². The Morgan fingerprint density at radius 3 is 2.85 bits per heavy atom. The van der Waals surface area contributed by atoms with Crippen LogP contribution in [0.25, 0.3) is 10.2 Å². The van der Waals surface area contributed by atoms with Crippen molar-refractivity contribution in [1.29, 1.82) is 0 Å². The van der Waals surface area contributed by atoms with Crippen molar-refractivity contribution >= 4 is 38.9 Å². The van der Waals surface area contributed by atoms with Gasteiger partial charge in [0, 0.05) is 25.6 Å². The highest BCUT2D eigenvalue weighted by atomic mass is 32.1. The van der Waals surface area contributed by atoms with E-state index in [0.717, 1.165) is 42.4 Å². The van der Waals surface area contributed by atoms with Crippen molar-refractivity contribution in [2.75, 3.05) is 20.2 Å². The number of thiocarbonyl (C=S) groups is 1. The lowest BCUT2D eigenvalue weighted by atomic mass is 9.99. The number of nitrogens with one attached hydrogen (secondary N) is 1. The molecule has 0 unspecified atom stereocenters. The van der Waals surface area contributed by atoms with E-state index in [1.807, 2.05) is 23.5 Å². The van der Waals surface area contributed by atoms with E-state index in [0.29, 0.717) is 5.92 Å². The molecule has 1 saturated heterocycles. The van der Waals surface area contributed by atoms with Gasteiger partial charge in [-0.1, -0.05) is 24.3 Å². The summed E-state index contributed by atoms with van der Waals surface area (Å²) in [5.41, 5.74) is 2.30. The zero-order valence-electron chi connectivity index (χ0n) is 15.4. The number of piperidine rings is 1. The zero-order valence-corrected chi connectivity index (χ0v) is 17.0. The van der Waals surface area contributed by atoms with Gasteiger partial charge >= 0.3 is 0 Å². The average molecular weight is 398 g/mol. The maximum atomic E-state index is 5.66. The summed E-state index contributed by atoms with van der Waals surface area (Å²) in [6.07, 6.45) is 2.32. The molecule has 0 spiro atoms. The minimum atomic E-state index is 0.455. The molecule has 1 N–H and O–H groups in total. The van der Waals surface area contributed by atoms with Crippen molar-refractivity contribution in [2.45, 2.75) is 25.3 Å². The normalized spacial score (nSPS) is 17.1. The fraction of sp³-hybridized carbons (Fsp3) is 0.333. The van der Waals surface area contributed by atoms with E-state index in [2.05, 4.69) is 46.6 Å². The summed E-state index contributed by atoms with van der Waals surface area (Å²) in [6.45, 7) is 2.68. The molecule has 3 aromatic rings. The van der Waals surface area contributed by atoms with E-state index < -0.39 is 0 Å². The molecule has 0 aliphatic carbocycles. The molecular formula is C21H23N3OS2. The molecule has 0 amide bonds. The highest BCUT2D eigenvalue weighted by molar-refractivity contribution is 7.80. The Morgan fingerprint density at radius 2 is 2.07 bits per heavy atom. The van der Waals surface area contributed by atoms with Crippen LogP contribution in [-0.4, -0.2) is 35.2 Å². The third-order valence-electron chi connectivity index (χ3n) is 4.97. The molecular weight excluding hydrogens is 374 g/mol. The van der Waals surface area contributed by atoms with E-state index in [-0.39, 0.29) is 0 Å². The number of likely N-dealkylation sites (tertiary alicyclic amines) is 1. The van der Waals surface area contributed by atoms with Crippen LogP contribution in [0.15, 0.2) is 48.5 Å². The molecule has 0 radical (unpaired) electrons. The van der Waals surface area contributed by atoms with Gasteiger partial charge in [0.25, 0.3) is 0 Å². The van der Waals surface area contributed by atoms with Crippen LogP contribution in [0.5, 0.6) is 5.75 Å². The van der Waals surface area contributed by atoms with Gasteiger partial charge < -0.3 is 15.0 Å². The Hall–Kier alpha value is -2.18. The second-order valence-electron chi connectivity index (χ2n) is 6.81. The van der Waals surface area contributed by atoms with E-state index in [1.54, 1.807) is 7.11 Å². The summed E-state index contributed by atoms with van der Waals surface area (Å²) < 4.78 is 6.47. The molecule has 0 bridgehead atoms. The number of methoxy groups -OCH3 is 1. The van der Waals surface area contributed by atoms with Gasteiger partial charge in [0.2, 0.25) is 0 Å². The van der Waals surface area contributed by atoms with Crippen molar-refractivity contribution in [2.24, 2.45) is 0 Å². The van der Waals surface area contributed by atoms with Crippen LogP contribution in [0.4, 0.5) is 0 Å². The van der Waals surface area contributed by atoms with Gasteiger partial charge in [-0.2, -0.15) is 0 Å². The molecule has 4 rings (SSSR count). The van der Waals surface area contributed by atoms with Crippen LogP contribution in [0.2, 0.25) is 0 Å². The van der Waals surface area contributed by atoms with Crippen LogP contribution in [0, 0.1) is 0 Å². The van der Waals surface area contributed by atoms with Crippen LogP contribution in [0.1, 0.15) is 29.3 Å². The van der Waals surface area contributed by atoms with Crippen LogP contribution in [-0.2, 0) is 6.54 Å². The smallest absolute Gasteiger partial charge is 0.169 e. The number of thiazole rings is 1. The maximum Gasteiger partial charge on any atom is 0.169 e. The number of nitrogens with zero attached hydrogens (tertiary/aromatic N) is 2. The summed E-state index contributed by atoms with van der Waals surface area (Å²) in [7, 11) is 1.68. The van der Waals surface area contributed by atoms with Gasteiger partial charge in [-0.05, 0) is 54.9 Å². The van der Waals surface area contributed by atoms with Crippen molar-refractivity contribution in [3.63, 3.8) is 0 Å². The van der Waals surface area contributed by atoms with Gasteiger partial charge in [-0.3, -0.25) is 0 Å². The predicted molar refractivity (Wildman–Crippen MR) is 116 cm³/mol. The minimum Gasteiger partial charge on any atom is -0.497 e. The maximum absolute atomic E-state index is 5.66.